The molecule has 1 saturated carbocycles. The molecule has 1 aromatic rings. The van der Waals surface area contributed by atoms with Gasteiger partial charge >= 0.3 is 5.66 Å². The van der Waals surface area contributed by atoms with Crippen molar-refractivity contribution in [2.45, 2.75) is 76.7 Å². The number of carbonyl (C=O) groups is 2. The minimum Gasteiger partial charge on any atom is -0.348 e. The number of anilines is 1. The molecule has 2 aliphatic carbocycles. The molecule has 0 bridgehead atoms. The van der Waals surface area contributed by atoms with Gasteiger partial charge in [0, 0.05) is 30.3 Å². The molecular formula is C29H38F2N5O2P. The first kappa shape index (κ1) is 28.9. The van der Waals surface area contributed by atoms with Crippen LogP contribution in [0.2, 0.25) is 0 Å². The Balaban J connectivity index is 1.54. The van der Waals surface area contributed by atoms with Crippen LogP contribution in [0.25, 0.3) is 0 Å². The lowest BCUT2D eigenvalue weighted by Crippen LogP contribution is -2.55. The Bertz CT molecular complexity index is 1240. The minimum absolute atomic E-state index is 0.0361. The molecule has 0 saturated heterocycles. The quantitative estimate of drug-likeness (QED) is 0.362. The van der Waals surface area contributed by atoms with Crippen LogP contribution in [-0.2, 0) is 21.8 Å². The summed E-state index contributed by atoms with van der Waals surface area (Å²) in [7, 11) is 1.52. The van der Waals surface area contributed by atoms with Gasteiger partial charge in [0.25, 0.3) is 0 Å². The van der Waals surface area contributed by atoms with Crippen molar-refractivity contribution in [2.24, 2.45) is 11.8 Å². The van der Waals surface area contributed by atoms with Crippen LogP contribution in [0.5, 0.6) is 0 Å². The van der Waals surface area contributed by atoms with Crippen molar-refractivity contribution in [3.8, 4) is 0 Å². The fourth-order valence-electron chi connectivity index (χ4n) is 4.74. The number of halogens is 2. The van der Waals surface area contributed by atoms with E-state index >= 15 is 0 Å². The molecule has 7 nitrogen and oxygen atoms in total. The number of hydrogen-bond donors (Lipinski definition) is 2. The van der Waals surface area contributed by atoms with Gasteiger partial charge in [-0.15, -0.1) is 0 Å². The van der Waals surface area contributed by atoms with E-state index in [-0.39, 0.29) is 24.3 Å². The van der Waals surface area contributed by atoms with Gasteiger partial charge in [-0.25, -0.2) is 4.68 Å². The van der Waals surface area contributed by atoms with Crippen LogP contribution >= 0.6 is 9.24 Å². The highest BCUT2D eigenvalue weighted by Crippen LogP contribution is 2.37. The SMILES string of the molecule is C=C1C=CC=CN1c1cc(C(F)(F)P)nn1CC(C)(C)NC(=O)C(CC1=CC(CC)CC=C1)NC(=O)C1CC1. The van der Waals surface area contributed by atoms with Gasteiger partial charge in [0.1, 0.15) is 17.6 Å². The van der Waals surface area contributed by atoms with Gasteiger partial charge in [0.05, 0.1) is 12.1 Å². The lowest BCUT2D eigenvalue weighted by Gasteiger charge is -2.31. The van der Waals surface area contributed by atoms with Gasteiger partial charge in [-0.3, -0.25) is 9.59 Å². The zero-order chi connectivity index (χ0) is 28.4. The minimum atomic E-state index is -3.22. The first-order valence-electron chi connectivity index (χ1n) is 13.4. The van der Waals surface area contributed by atoms with Crippen molar-refractivity contribution < 1.29 is 18.4 Å². The van der Waals surface area contributed by atoms with E-state index in [0.29, 0.717) is 23.9 Å². The molecule has 3 aliphatic rings. The summed E-state index contributed by atoms with van der Waals surface area (Å²) in [5.41, 5.74) is -2.89. The van der Waals surface area contributed by atoms with Crippen LogP contribution in [-0.4, -0.2) is 33.2 Å². The molecular weight excluding hydrogens is 519 g/mol. The van der Waals surface area contributed by atoms with E-state index in [4.69, 9.17) is 0 Å². The fraction of sp³-hybridized carbons (Fsp3) is 0.483. The van der Waals surface area contributed by atoms with Crippen LogP contribution in [0.15, 0.2) is 66.6 Å². The van der Waals surface area contributed by atoms with Crippen LogP contribution in [0, 0.1) is 11.8 Å². The third kappa shape index (κ3) is 7.53. The highest BCUT2D eigenvalue weighted by atomic mass is 31.0. The van der Waals surface area contributed by atoms with E-state index in [1.54, 1.807) is 23.3 Å². The summed E-state index contributed by atoms with van der Waals surface area (Å²) in [4.78, 5) is 27.9. The van der Waals surface area contributed by atoms with E-state index in [0.717, 1.165) is 31.3 Å². The Morgan fingerprint density at radius 3 is 2.64 bits per heavy atom. The van der Waals surface area contributed by atoms with E-state index in [1.807, 2.05) is 26.0 Å². The Morgan fingerprint density at radius 1 is 1.26 bits per heavy atom. The predicted octanol–water partition coefficient (Wildman–Crippen LogP) is 5.30. The average Bonchev–Trinajstić information content (AvgIpc) is 3.64. The molecule has 4 rings (SSSR count). The number of amides is 2. The monoisotopic (exact) mass is 557 g/mol. The summed E-state index contributed by atoms with van der Waals surface area (Å²) in [6.07, 6.45) is 17.4. The largest absolute Gasteiger partial charge is 0.348 e. The number of alkyl halides is 2. The van der Waals surface area contributed by atoms with Crippen LogP contribution in [0.1, 0.15) is 58.6 Å². The van der Waals surface area contributed by atoms with Gasteiger partial charge < -0.3 is 15.5 Å². The number of allylic oxidation sites excluding steroid dienone is 6. The number of carbonyl (C=O) groups excluding carboxylic acids is 2. The van der Waals surface area contributed by atoms with E-state index in [1.165, 1.54) is 20.0 Å². The fourth-order valence-corrected chi connectivity index (χ4v) is 4.88. The molecule has 0 aromatic carbocycles. The van der Waals surface area contributed by atoms with Gasteiger partial charge in [-0.2, -0.15) is 13.9 Å². The standard InChI is InChI=1S/C29H38F2N5O2P/c1-5-20-10-8-11-21(15-20)16-23(32-26(37)22-12-13-22)27(38)33-28(3,4)18-36-25(17-24(34-36)29(30,31)39)35-14-7-6-9-19(35)2/h6-9,11,14-15,17,20,22-23H,2,5,10,12-13,16,18,39H2,1,3-4H3,(H,32,37)(H,33,38). The second-order valence-corrected chi connectivity index (χ2v) is 11.9. The molecule has 210 valence electrons. The first-order valence-corrected chi connectivity index (χ1v) is 14.0. The lowest BCUT2D eigenvalue weighted by atomic mass is 9.90. The van der Waals surface area contributed by atoms with Crippen LogP contribution in [0.3, 0.4) is 0 Å². The molecule has 3 atom stereocenters. The van der Waals surface area contributed by atoms with Crippen molar-refractivity contribution >= 4 is 26.9 Å². The van der Waals surface area contributed by atoms with Crippen molar-refractivity contribution in [3.05, 3.63) is 72.3 Å². The van der Waals surface area contributed by atoms with Crippen molar-refractivity contribution in [2.75, 3.05) is 4.90 Å². The normalized spacial score (nSPS) is 20.2. The number of aromatic nitrogens is 2. The van der Waals surface area contributed by atoms with E-state index in [2.05, 4.69) is 41.4 Å². The Hall–Kier alpha value is -3.06. The van der Waals surface area contributed by atoms with Gasteiger partial charge in [-0.05, 0) is 63.2 Å². The summed E-state index contributed by atoms with van der Waals surface area (Å²) in [5, 5.41) is 10.2. The average molecular weight is 558 g/mol. The van der Waals surface area contributed by atoms with Crippen molar-refractivity contribution in [1.82, 2.24) is 20.4 Å². The van der Waals surface area contributed by atoms with E-state index < -0.39 is 22.9 Å². The Kier molecular flexibility index (Phi) is 8.60. The Labute approximate surface area is 231 Å². The zero-order valence-corrected chi connectivity index (χ0v) is 23.9. The predicted molar refractivity (Wildman–Crippen MR) is 153 cm³/mol. The van der Waals surface area contributed by atoms with Gasteiger partial charge in [-0.1, -0.05) is 47.0 Å². The second kappa shape index (κ2) is 11.6. The van der Waals surface area contributed by atoms with Crippen molar-refractivity contribution in [1.29, 1.82) is 0 Å². The molecule has 0 spiro atoms. The van der Waals surface area contributed by atoms with Crippen molar-refractivity contribution in [3.63, 3.8) is 0 Å². The molecule has 1 aromatic heterocycles. The highest BCUT2D eigenvalue weighted by Gasteiger charge is 2.36. The number of hydrogen-bond acceptors (Lipinski definition) is 4. The molecule has 1 fully saturated rings. The molecule has 2 N–H and O–H groups in total. The summed E-state index contributed by atoms with van der Waals surface area (Å²) in [6.45, 7) is 9.86. The maximum absolute atomic E-state index is 14.2. The lowest BCUT2D eigenvalue weighted by molar-refractivity contribution is -0.130. The van der Waals surface area contributed by atoms with Crippen LogP contribution < -0.4 is 15.5 Å². The van der Waals surface area contributed by atoms with Gasteiger partial charge in [0.2, 0.25) is 11.8 Å². The first-order chi connectivity index (χ1) is 18.4. The number of rotatable bonds is 11. The summed E-state index contributed by atoms with van der Waals surface area (Å²) in [6, 6.07) is 0.576. The smallest absolute Gasteiger partial charge is 0.302 e. The topological polar surface area (TPSA) is 79.3 Å². The number of nitrogens with zero attached hydrogens (tertiary/aromatic N) is 3. The summed E-state index contributed by atoms with van der Waals surface area (Å²) < 4.78 is 29.9. The van der Waals surface area contributed by atoms with Gasteiger partial charge in [0.15, 0.2) is 0 Å². The highest BCUT2D eigenvalue weighted by molar-refractivity contribution is 7.17. The Morgan fingerprint density at radius 2 is 2.00 bits per heavy atom. The molecule has 1 aliphatic heterocycles. The molecule has 39 heavy (non-hydrogen) atoms. The maximum atomic E-state index is 14.2. The zero-order valence-electron chi connectivity index (χ0n) is 22.8. The molecule has 2 amide bonds. The molecule has 10 heteroatoms. The maximum Gasteiger partial charge on any atom is 0.302 e. The van der Waals surface area contributed by atoms with E-state index in [9.17, 15) is 18.4 Å². The molecule has 3 unspecified atom stereocenters. The third-order valence-corrected chi connectivity index (χ3v) is 7.36. The number of nitrogens with one attached hydrogen (secondary N) is 2. The summed E-state index contributed by atoms with van der Waals surface area (Å²) in [5.74, 6) is 0.357. The second-order valence-electron chi connectivity index (χ2n) is 11.2. The van der Waals surface area contributed by atoms with Crippen LogP contribution in [0.4, 0.5) is 14.6 Å². The molecule has 0 radical (unpaired) electrons. The molecule has 2 heterocycles. The third-order valence-electron chi connectivity index (χ3n) is 7.06. The summed E-state index contributed by atoms with van der Waals surface area (Å²) >= 11 is 0.